The first kappa shape index (κ1) is 22.1. The molecule has 3 aromatic heterocycles. The van der Waals surface area contributed by atoms with Crippen molar-refractivity contribution < 1.29 is 22.6 Å². The summed E-state index contributed by atoms with van der Waals surface area (Å²) in [7, 11) is 1.40. The van der Waals surface area contributed by atoms with E-state index in [2.05, 4.69) is 20.4 Å². The molecule has 2 aliphatic rings. The first-order chi connectivity index (χ1) is 16.9. The predicted octanol–water partition coefficient (Wildman–Crippen LogP) is 3.61. The zero-order valence-corrected chi connectivity index (χ0v) is 18.9. The Labute approximate surface area is 198 Å². The lowest BCUT2D eigenvalue weighted by Crippen LogP contribution is -2.61. The van der Waals surface area contributed by atoms with E-state index in [-0.39, 0.29) is 36.4 Å². The largest absolute Gasteiger partial charge is 0.479 e. The number of halogens is 3. The number of rotatable bonds is 5. The summed E-state index contributed by atoms with van der Waals surface area (Å²) < 4.78 is 56.9. The van der Waals surface area contributed by atoms with Gasteiger partial charge >= 0.3 is 0 Å². The molecule has 0 radical (unpaired) electrons. The quantitative estimate of drug-likeness (QED) is 0.464. The number of alkyl halides is 2. The predicted molar refractivity (Wildman–Crippen MR) is 123 cm³/mol. The van der Waals surface area contributed by atoms with Crippen molar-refractivity contribution in [3.8, 4) is 17.0 Å². The summed E-state index contributed by atoms with van der Waals surface area (Å²) in [6, 6.07) is 7.98. The van der Waals surface area contributed by atoms with Crippen LogP contribution in [-0.2, 0) is 4.74 Å². The summed E-state index contributed by atoms with van der Waals surface area (Å²) in [5, 5.41) is 7.90. The number of pyridine rings is 1. The van der Waals surface area contributed by atoms with E-state index in [9.17, 15) is 8.78 Å². The fourth-order valence-electron chi connectivity index (χ4n) is 4.78. The molecule has 2 saturated heterocycles. The van der Waals surface area contributed by atoms with Gasteiger partial charge in [0.2, 0.25) is 11.8 Å². The first-order valence-electron chi connectivity index (χ1n) is 11.4. The molecule has 2 aliphatic heterocycles. The smallest absolute Gasteiger partial charge is 0.280 e. The van der Waals surface area contributed by atoms with Crippen molar-refractivity contribution in [2.24, 2.45) is 0 Å². The molecule has 0 bridgehead atoms. The molecule has 35 heavy (non-hydrogen) atoms. The number of aromatic nitrogens is 4. The van der Waals surface area contributed by atoms with Crippen LogP contribution in [0.3, 0.4) is 0 Å². The molecule has 6 rings (SSSR count). The van der Waals surface area contributed by atoms with E-state index in [1.54, 1.807) is 23.2 Å². The van der Waals surface area contributed by atoms with Crippen LogP contribution >= 0.6 is 0 Å². The molecule has 1 N–H and O–H groups in total. The zero-order chi connectivity index (χ0) is 24.2. The summed E-state index contributed by atoms with van der Waals surface area (Å²) >= 11 is 0. The molecule has 0 aliphatic carbocycles. The molecule has 5 heterocycles. The van der Waals surface area contributed by atoms with Crippen molar-refractivity contribution in [1.82, 2.24) is 24.5 Å². The minimum atomic E-state index is -2.99. The summed E-state index contributed by atoms with van der Waals surface area (Å²) in [6.07, 6.45) is 3.10. The standard InChI is InChI=1S/C24H23F3N6O2/c1-34-22-21-20(15-4-5-18-14(9-15)3-2-7-28-18)17(25)10-33(21)31-23(30-22)29-19-6-8-32(13-24(19,26)27)16-11-35-12-16/h2-5,7,9-10,16,19H,6,8,11-13H2,1H3,(H,29,31). The Kier molecular flexibility index (Phi) is 5.26. The van der Waals surface area contributed by atoms with Gasteiger partial charge in [0, 0.05) is 18.1 Å². The maximum absolute atomic E-state index is 15.2. The van der Waals surface area contributed by atoms with Crippen molar-refractivity contribution in [2.75, 3.05) is 38.7 Å². The van der Waals surface area contributed by atoms with Crippen LogP contribution in [0.2, 0.25) is 0 Å². The van der Waals surface area contributed by atoms with Crippen LogP contribution in [0, 0.1) is 5.82 Å². The zero-order valence-electron chi connectivity index (χ0n) is 18.9. The maximum Gasteiger partial charge on any atom is 0.280 e. The van der Waals surface area contributed by atoms with Gasteiger partial charge in [-0.1, -0.05) is 12.1 Å². The molecule has 4 aromatic rings. The van der Waals surface area contributed by atoms with Crippen LogP contribution in [-0.4, -0.2) is 75.9 Å². The molecule has 182 valence electrons. The lowest BCUT2D eigenvalue weighted by Gasteiger charge is -2.44. The molecule has 0 saturated carbocycles. The van der Waals surface area contributed by atoms with Crippen molar-refractivity contribution in [2.45, 2.75) is 24.4 Å². The van der Waals surface area contributed by atoms with Crippen LogP contribution in [0.25, 0.3) is 27.5 Å². The number of hydrogen-bond acceptors (Lipinski definition) is 7. The van der Waals surface area contributed by atoms with E-state index >= 15 is 4.39 Å². The molecule has 1 aromatic carbocycles. The summed E-state index contributed by atoms with van der Waals surface area (Å²) in [6.45, 7) is 1.12. The van der Waals surface area contributed by atoms with Gasteiger partial charge in [0.1, 0.15) is 5.52 Å². The third-order valence-electron chi connectivity index (χ3n) is 6.71. The van der Waals surface area contributed by atoms with E-state index in [4.69, 9.17) is 9.47 Å². The highest BCUT2D eigenvalue weighted by molar-refractivity contribution is 5.91. The monoisotopic (exact) mass is 484 g/mol. The van der Waals surface area contributed by atoms with E-state index in [1.165, 1.54) is 17.8 Å². The van der Waals surface area contributed by atoms with Gasteiger partial charge in [-0.2, -0.15) is 4.98 Å². The number of ether oxygens (including phenoxy) is 2. The van der Waals surface area contributed by atoms with Gasteiger partial charge in [-0.15, -0.1) is 5.10 Å². The topological polar surface area (TPSA) is 76.8 Å². The van der Waals surface area contributed by atoms with Crippen LogP contribution < -0.4 is 10.1 Å². The number of fused-ring (bicyclic) bond motifs is 2. The number of hydrogen-bond donors (Lipinski definition) is 1. The normalized spacial score (nSPS) is 20.7. The molecule has 8 nitrogen and oxygen atoms in total. The Bertz CT molecular complexity index is 1410. The highest BCUT2D eigenvalue weighted by atomic mass is 19.3. The maximum atomic E-state index is 15.2. The van der Waals surface area contributed by atoms with Crippen LogP contribution in [0.15, 0.2) is 42.7 Å². The number of piperidine rings is 1. The van der Waals surface area contributed by atoms with E-state index in [0.717, 1.165) is 10.9 Å². The molecule has 11 heteroatoms. The Balaban J connectivity index is 1.33. The Morgan fingerprint density at radius 1 is 1.23 bits per heavy atom. The van der Waals surface area contributed by atoms with Crippen LogP contribution in [0.5, 0.6) is 5.88 Å². The van der Waals surface area contributed by atoms with Gasteiger partial charge in [-0.25, -0.2) is 17.7 Å². The van der Waals surface area contributed by atoms with Crippen LogP contribution in [0.4, 0.5) is 19.1 Å². The number of benzene rings is 1. The Hall–Kier alpha value is -3.44. The van der Waals surface area contributed by atoms with Gasteiger partial charge in [0.05, 0.1) is 56.2 Å². The van der Waals surface area contributed by atoms with Crippen molar-refractivity contribution >= 4 is 22.4 Å². The summed E-state index contributed by atoms with van der Waals surface area (Å²) in [4.78, 5) is 10.4. The van der Waals surface area contributed by atoms with Crippen molar-refractivity contribution in [1.29, 1.82) is 0 Å². The fraction of sp³-hybridized carbons (Fsp3) is 0.375. The number of methoxy groups -OCH3 is 1. The van der Waals surface area contributed by atoms with Gasteiger partial charge in [-0.3, -0.25) is 9.88 Å². The van der Waals surface area contributed by atoms with Gasteiger partial charge in [0.25, 0.3) is 5.92 Å². The van der Waals surface area contributed by atoms with Gasteiger partial charge in [-0.05, 0) is 30.2 Å². The molecular formula is C24H23F3N6O2. The lowest BCUT2D eigenvalue weighted by molar-refractivity contribution is -0.131. The number of likely N-dealkylation sites (tertiary alicyclic amines) is 1. The second kappa shape index (κ2) is 8.35. The van der Waals surface area contributed by atoms with E-state index < -0.39 is 17.8 Å². The van der Waals surface area contributed by atoms with Crippen LogP contribution in [0.1, 0.15) is 6.42 Å². The second-order valence-corrected chi connectivity index (χ2v) is 8.91. The van der Waals surface area contributed by atoms with E-state index in [0.29, 0.717) is 30.8 Å². The van der Waals surface area contributed by atoms with Crippen molar-refractivity contribution in [3.05, 3.63) is 48.5 Å². The Morgan fingerprint density at radius 3 is 2.83 bits per heavy atom. The molecule has 1 unspecified atom stereocenters. The summed E-state index contributed by atoms with van der Waals surface area (Å²) in [5.74, 6) is -3.49. The number of anilines is 1. The average Bonchev–Trinajstić information content (AvgIpc) is 3.14. The molecule has 2 fully saturated rings. The SMILES string of the molecule is COc1nc(NC2CCN(C3COC3)CC2(F)F)nn2cc(F)c(-c3ccc4ncccc4c3)c12. The fourth-order valence-corrected chi connectivity index (χ4v) is 4.78. The highest BCUT2D eigenvalue weighted by Gasteiger charge is 2.47. The average molecular weight is 484 g/mol. The highest BCUT2D eigenvalue weighted by Crippen LogP contribution is 2.36. The molecule has 0 spiro atoms. The Morgan fingerprint density at radius 2 is 2.09 bits per heavy atom. The van der Waals surface area contributed by atoms with Crippen molar-refractivity contribution in [3.63, 3.8) is 0 Å². The third kappa shape index (κ3) is 3.84. The molecule has 1 atom stereocenters. The van der Waals surface area contributed by atoms with Gasteiger partial charge < -0.3 is 14.8 Å². The third-order valence-corrected chi connectivity index (χ3v) is 6.71. The van der Waals surface area contributed by atoms with Gasteiger partial charge in [0.15, 0.2) is 5.82 Å². The summed E-state index contributed by atoms with van der Waals surface area (Å²) in [5.41, 5.74) is 1.96. The van der Waals surface area contributed by atoms with E-state index in [1.807, 2.05) is 18.2 Å². The number of nitrogens with zero attached hydrogens (tertiary/aromatic N) is 5. The number of nitrogens with one attached hydrogen (secondary N) is 1. The minimum Gasteiger partial charge on any atom is -0.479 e. The molecular weight excluding hydrogens is 461 g/mol. The molecule has 0 amide bonds. The minimum absolute atomic E-state index is 0.0432. The lowest BCUT2D eigenvalue weighted by atomic mass is 9.98. The first-order valence-corrected chi connectivity index (χ1v) is 11.4. The second-order valence-electron chi connectivity index (χ2n) is 8.91.